The van der Waals surface area contributed by atoms with Crippen molar-refractivity contribution in [2.75, 3.05) is 25.0 Å². The van der Waals surface area contributed by atoms with Crippen molar-refractivity contribution in [3.05, 3.63) is 64.1 Å². The Morgan fingerprint density at radius 1 is 1.00 bits per heavy atom. The molecule has 3 N–H and O–H groups in total. The van der Waals surface area contributed by atoms with Crippen molar-refractivity contribution < 1.29 is 29.0 Å². The maximum absolute atomic E-state index is 13.8. The Hall–Kier alpha value is -3.34. The van der Waals surface area contributed by atoms with Gasteiger partial charge >= 0.3 is 12.0 Å². The van der Waals surface area contributed by atoms with E-state index in [1.54, 1.807) is 12.1 Å². The molecule has 0 saturated carbocycles. The summed E-state index contributed by atoms with van der Waals surface area (Å²) in [7, 11) is 0. The fourth-order valence-electron chi connectivity index (χ4n) is 4.84. The summed E-state index contributed by atoms with van der Waals surface area (Å²) in [5.41, 5.74) is 1.39. The molecule has 2 aliphatic heterocycles. The molecule has 0 radical (unpaired) electrons. The molecule has 4 amide bonds. The second-order valence-corrected chi connectivity index (χ2v) is 10.3. The summed E-state index contributed by atoms with van der Waals surface area (Å²) in [6.45, 7) is 0.848. The Labute approximate surface area is 236 Å². The van der Waals surface area contributed by atoms with Gasteiger partial charge < -0.3 is 30.3 Å². The number of anilines is 1. The first-order valence-corrected chi connectivity index (χ1v) is 13.5. The summed E-state index contributed by atoms with van der Waals surface area (Å²) in [5.74, 6) is -1.77. The average molecular weight is 577 g/mol. The molecule has 0 aliphatic carbocycles. The molecule has 2 heterocycles. The third-order valence-corrected chi connectivity index (χ3v) is 7.52. The predicted molar refractivity (Wildman–Crippen MR) is 146 cm³/mol. The largest absolute Gasteiger partial charge is 0.481 e. The van der Waals surface area contributed by atoms with Gasteiger partial charge in [-0.05, 0) is 36.6 Å². The van der Waals surface area contributed by atoms with E-state index in [0.29, 0.717) is 36.7 Å². The number of carbonyl (C=O) groups excluding carboxylic acids is 3. The average Bonchev–Trinajstić information content (AvgIpc) is 3.58. The standard InChI is InChI=1S/C27H30Cl2N4O6/c28-20-9-8-18(13-21(20)29)31-27(38)33-15-19(39-16-17-5-2-1-3-6-17)14-23(33)26(37)32-12-4-7-22(32)25(36)30-11-10-24(34)35/h1-3,5-6,8-9,13,19,22-23H,4,7,10-12,14-16H2,(H,30,36)(H,31,38)(H,34,35). The van der Waals surface area contributed by atoms with Crippen LogP contribution in [-0.4, -0.2) is 76.5 Å². The molecular weight excluding hydrogens is 547 g/mol. The normalized spacial score (nSPS) is 20.6. The highest BCUT2D eigenvalue weighted by molar-refractivity contribution is 6.42. The molecule has 2 saturated heterocycles. The summed E-state index contributed by atoms with van der Waals surface area (Å²) in [6.07, 6.45) is 0.742. The number of benzene rings is 2. The minimum absolute atomic E-state index is 0.0241. The number of ether oxygens (including phenoxy) is 1. The number of carbonyl (C=O) groups is 4. The summed E-state index contributed by atoms with van der Waals surface area (Å²) < 4.78 is 6.08. The van der Waals surface area contributed by atoms with Crippen molar-refractivity contribution >= 4 is 52.7 Å². The summed E-state index contributed by atoms with van der Waals surface area (Å²) >= 11 is 12.1. The van der Waals surface area contributed by atoms with E-state index in [0.717, 1.165) is 5.56 Å². The van der Waals surface area contributed by atoms with Crippen LogP contribution >= 0.6 is 23.2 Å². The Bertz CT molecular complexity index is 1210. The van der Waals surface area contributed by atoms with Crippen LogP contribution in [0.2, 0.25) is 10.0 Å². The minimum atomic E-state index is -1.02. The van der Waals surface area contributed by atoms with E-state index in [9.17, 15) is 19.2 Å². The number of urea groups is 1. The number of carboxylic acids is 1. The van der Waals surface area contributed by atoms with Gasteiger partial charge in [0.15, 0.2) is 0 Å². The zero-order chi connectivity index (χ0) is 27.9. The summed E-state index contributed by atoms with van der Waals surface area (Å²) in [6, 6.07) is 12.2. The summed E-state index contributed by atoms with van der Waals surface area (Å²) in [5, 5.41) is 14.9. The van der Waals surface area contributed by atoms with Gasteiger partial charge in [-0.15, -0.1) is 0 Å². The number of nitrogens with one attached hydrogen (secondary N) is 2. The number of halogens is 2. The first-order chi connectivity index (χ1) is 18.7. The Balaban J connectivity index is 1.48. The number of nitrogens with zero attached hydrogens (tertiary/aromatic N) is 2. The second kappa shape index (κ2) is 13.1. The van der Waals surface area contributed by atoms with E-state index < -0.39 is 36.1 Å². The molecule has 0 aromatic heterocycles. The highest BCUT2D eigenvalue weighted by atomic mass is 35.5. The molecule has 39 heavy (non-hydrogen) atoms. The van der Waals surface area contributed by atoms with Crippen LogP contribution in [0.15, 0.2) is 48.5 Å². The van der Waals surface area contributed by atoms with Crippen LogP contribution in [0.25, 0.3) is 0 Å². The molecule has 0 spiro atoms. The van der Waals surface area contributed by atoms with E-state index in [1.807, 2.05) is 30.3 Å². The smallest absolute Gasteiger partial charge is 0.322 e. The van der Waals surface area contributed by atoms with E-state index >= 15 is 0 Å². The zero-order valence-corrected chi connectivity index (χ0v) is 22.7. The van der Waals surface area contributed by atoms with E-state index in [4.69, 9.17) is 33.0 Å². The second-order valence-electron chi connectivity index (χ2n) is 9.51. The van der Waals surface area contributed by atoms with Crippen molar-refractivity contribution in [3.8, 4) is 0 Å². The first-order valence-electron chi connectivity index (χ1n) is 12.7. The lowest BCUT2D eigenvalue weighted by atomic mass is 10.1. The molecule has 2 aliphatic rings. The zero-order valence-electron chi connectivity index (χ0n) is 21.1. The van der Waals surface area contributed by atoms with Gasteiger partial charge in [0, 0.05) is 31.7 Å². The fraction of sp³-hybridized carbons (Fsp3) is 0.407. The predicted octanol–water partition coefficient (Wildman–Crippen LogP) is 3.77. The number of carboxylic acid groups (broad SMARTS) is 1. The van der Waals surface area contributed by atoms with Crippen LogP contribution < -0.4 is 10.6 Å². The number of likely N-dealkylation sites (tertiary alicyclic amines) is 2. The molecule has 2 fully saturated rings. The van der Waals surface area contributed by atoms with E-state index in [2.05, 4.69) is 10.6 Å². The monoisotopic (exact) mass is 576 g/mol. The number of rotatable bonds is 9. The van der Waals surface area contributed by atoms with Crippen LogP contribution in [0.1, 0.15) is 31.2 Å². The number of amides is 4. The molecular formula is C27H30Cl2N4O6. The van der Waals surface area contributed by atoms with Crippen molar-refractivity contribution in [1.29, 1.82) is 0 Å². The topological polar surface area (TPSA) is 128 Å². The molecule has 2 aromatic rings. The maximum Gasteiger partial charge on any atom is 0.322 e. The van der Waals surface area contributed by atoms with Crippen LogP contribution in [0.5, 0.6) is 0 Å². The molecule has 3 atom stereocenters. The third-order valence-electron chi connectivity index (χ3n) is 6.78. The minimum Gasteiger partial charge on any atom is -0.481 e. The Morgan fingerprint density at radius 3 is 2.49 bits per heavy atom. The lowest BCUT2D eigenvalue weighted by Gasteiger charge is -2.30. The van der Waals surface area contributed by atoms with Gasteiger partial charge in [0.2, 0.25) is 11.8 Å². The molecule has 3 unspecified atom stereocenters. The lowest BCUT2D eigenvalue weighted by molar-refractivity contribution is -0.141. The van der Waals surface area contributed by atoms with Crippen molar-refractivity contribution in [2.45, 2.75) is 50.5 Å². The SMILES string of the molecule is O=C(O)CCNC(=O)C1CCCN1C(=O)C1CC(OCc2ccccc2)CN1C(=O)Nc1ccc(Cl)c(Cl)c1. The molecule has 10 nitrogen and oxygen atoms in total. The van der Waals surface area contributed by atoms with Gasteiger partial charge in [-0.1, -0.05) is 53.5 Å². The fourth-order valence-corrected chi connectivity index (χ4v) is 5.14. The molecule has 2 aromatic carbocycles. The highest BCUT2D eigenvalue weighted by Gasteiger charge is 2.45. The Kier molecular flexibility index (Phi) is 9.66. The maximum atomic E-state index is 13.8. The quantitative estimate of drug-likeness (QED) is 0.417. The molecule has 208 valence electrons. The number of aliphatic carboxylic acids is 1. The highest BCUT2D eigenvalue weighted by Crippen LogP contribution is 2.29. The number of hydrogen-bond donors (Lipinski definition) is 3. The van der Waals surface area contributed by atoms with Gasteiger partial charge in [0.1, 0.15) is 12.1 Å². The molecule has 12 heteroatoms. The summed E-state index contributed by atoms with van der Waals surface area (Å²) in [4.78, 5) is 53.6. The third kappa shape index (κ3) is 7.40. The van der Waals surface area contributed by atoms with Gasteiger partial charge in [-0.25, -0.2) is 4.79 Å². The van der Waals surface area contributed by atoms with Crippen LogP contribution in [-0.2, 0) is 25.7 Å². The molecule has 4 rings (SSSR count). The van der Waals surface area contributed by atoms with Gasteiger partial charge in [0.05, 0.1) is 29.2 Å². The van der Waals surface area contributed by atoms with Crippen LogP contribution in [0.3, 0.4) is 0 Å². The van der Waals surface area contributed by atoms with E-state index in [-0.39, 0.29) is 36.9 Å². The Morgan fingerprint density at radius 2 is 1.77 bits per heavy atom. The lowest BCUT2D eigenvalue weighted by Crippen LogP contribution is -2.53. The van der Waals surface area contributed by atoms with Gasteiger partial charge in [0.25, 0.3) is 0 Å². The van der Waals surface area contributed by atoms with Crippen LogP contribution in [0, 0.1) is 0 Å². The van der Waals surface area contributed by atoms with Crippen molar-refractivity contribution in [1.82, 2.24) is 15.1 Å². The van der Waals surface area contributed by atoms with Crippen LogP contribution in [0.4, 0.5) is 10.5 Å². The van der Waals surface area contributed by atoms with Crippen molar-refractivity contribution in [3.63, 3.8) is 0 Å². The van der Waals surface area contributed by atoms with Gasteiger partial charge in [-0.3, -0.25) is 14.4 Å². The first kappa shape index (κ1) is 28.7. The number of hydrogen-bond acceptors (Lipinski definition) is 5. The van der Waals surface area contributed by atoms with E-state index in [1.165, 1.54) is 15.9 Å². The molecule has 0 bridgehead atoms. The van der Waals surface area contributed by atoms with Gasteiger partial charge in [-0.2, -0.15) is 0 Å². The van der Waals surface area contributed by atoms with Crippen molar-refractivity contribution in [2.24, 2.45) is 0 Å².